The Morgan fingerprint density at radius 3 is 2.11 bits per heavy atom. The van der Waals surface area contributed by atoms with E-state index in [0.29, 0.717) is 6.10 Å². The molecule has 0 aromatic heterocycles. The highest BCUT2D eigenvalue weighted by Gasteiger charge is 2.27. The average Bonchev–Trinajstić information content (AvgIpc) is 3.29. The van der Waals surface area contributed by atoms with Gasteiger partial charge in [-0.3, -0.25) is 0 Å². The van der Waals surface area contributed by atoms with Crippen LogP contribution in [-0.4, -0.2) is 6.61 Å². The van der Waals surface area contributed by atoms with Crippen LogP contribution in [0.25, 0.3) is 32.3 Å². The molecule has 4 aromatic rings. The van der Waals surface area contributed by atoms with E-state index in [-0.39, 0.29) is 0 Å². The van der Waals surface area contributed by atoms with E-state index >= 15 is 0 Å². The maximum atomic E-state index is 5.48. The lowest BCUT2D eigenvalue weighted by Crippen LogP contribution is -1.88. The van der Waals surface area contributed by atoms with Gasteiger partial charge in [-0.25, -0.2) is 0 Å². The molecule has 1 heteroatoms. The fraction of sp³-hybridized carbons (Fsp3) is 0.111. The fourth-order valence-corrected chi connectivity index (χ4v) is 3.27. The van der Waals surface area contributed by atoms with Crippen LogP contribution < -0.4 is 0 Å². The van der Waals surface area contributed by atoms with E-state index < -0.39 is 0 Å². The molecular weight excluding hydrogens is 232 g/mol. The molecule has 1 nitrogen and oxygen atoms in total. The van der Waals surface area contributed by atoms with Crippen molar-refractivity contribution in [1.82, 2.24) is 0 Å². The lowest BCUT2D eigenvalue weighted by Gasteiger charge is -2.12. The summed E-state index contributed by atoms with van der Waals surface area (Å²) in [6.45, 7) is 0.865. The van der Waals surface area contributed by atoms with Gasteiger partial charge in [0.05, 0.1) is 6.61 Å². The quantitative estimate of drug-likeness (QED) is 0.350. The Labute approximate surface area is 110 Å². The Bertz CT molecular complexity index is 903. The third-order valence-electron chi connectivity index (χ3n) is 4.24. The number of epoxide rings is 1. The Morgan fingerprint density at radius 2 is 1.37 bits per heavy atom. The summed E-state index contributed by atoms with van der Waals surface area (Å²) in [5.74, 6) is 0. The number of hydrogen-bond acceptors (Lipinski definition) is 1. The number of benzene rings is 4. The predicted octanol–water partition coefficient (Wildman–Crippen LogP) is 4.66. The Morgan fingerprint density at radius 1 is 0.737 bits per heavy atom. The molecule has 1 fully saturated rings. The fourth-order valence-electron chi connectivity index (χ4n) is 3.27. The second-order valence-corrected chi connectivity index (χ2v) is 5.33. The molecule has 90 valence electrons. The van der Waals surface area contributed by atoms with Gasteiger partial charge in [0.25, 0.3) is 0 Å². The van der Waals surface area contributed by atoms with Gasteiger partial charge in [-0.05, 0) is 37.9 Å². The zero-order valence-electron chi connectivity index (χ0n) is 10.4. The highest BCUT2D eigenvalue weighted by atomic mass is 16.6. The zero-order chi connectivity index (χ0) is 12.4. The molecule has 0 amide bonds. The smallest absolute Gasteiger partial charge is 0.107 e. The lowest BCUT2D eigenvalue weighted by molar-refractivity contribution is 0.417. The molecule has 1 saturated heterocycles. The number of rotatable bonds is 1. The Hall–Kier alpha value is -2.12. The lowest BCUT2D eigenvalue weighted by atomic mass is 9.91. The van der Waals surface area contributed by atoms with Gasteiger partial charge < -0.3 is 4.74 Å². The Kier molecular flexibility index (Phi) is 1.67. The van der Waals surface area contributed by atoms with Crippen molar-refractivity contribution in [2.45, 2.75) is 6.10 Å². The molecule has 0 spiro atoms. The summed E-state index contributed by atoms with van der Waals surface area (Å²) in [6, 6.07) is 19.9. The van der Waals surface area contributed by atoms with Gasteiger partial charge in [-0.1, -0.05) is 54.6 Å². The maximum absolute atomic E-state index is 5.48. The number of hydrogen-bond donors (Lipinski definition) is 0. The topological polar surface area (TPSA) is 12.5 Å². The first-order valence-corrected chi connectivity index (χ1v) is 6.70. The number of ether oxygens (including phenoxy) is 1. The molecule has 1 aliphatic rings. The molecule has 1 aliphatic heterocycles. The van der Waals surface area contributed by atoms with Gasteiger partial charge in [-0.15, -0.1) is 0 Å². The van der Waals surface area contributed by atoms with Crippen molar-refractivity contribution in [2.75, 3.05) is 6.61 Å². The van der Waals surface area contributed by atoms with Crippen LogP contribution in [0.1, 0.15) is 11.7 Å². The second-order valence-electron chi connectivity index (χ2n) is 5.33. The SMILES string of the molecule is c1cc2ccc3ccc(C4CO4)c4ccc(c1)c2c34. The third-order valence-corrected chi connectivity index (χ3v) is 4.24. The minimum Gasteiger partial charge on any atom is -0.368 e. The van der Waals surface area contributed by atoms with Gasteiger partial charge >= 0.3 is 0 Å². The van der Waals surface area contributed by atoms with Crippen molar-refractivity contribution in [3.05, 3.63) is 60.2 Å². The Balaban J connectivity index is 2.10. The molecule has 1 heterocycles. The summed E-state index contributed by atoms with van der Waals surface area (Å²) in [4.78, 5) is 0. The minimum atomic E-state index is 0.310. The van der Waals surface area contributed by atoms with Gasteiger partial charge in [0.1, 0.15) is 6.10 Å². The van der Waals surface area contributed by atoms with E-state index in [1.807, 2.05) is 0 Å². The van der Waals surface area contributed by atoms with Gasteiger partial charge in [-0.2, -0.15) is 0 Å². The van der Waals surface area contributed by atoms with Crippen molar-refractivity contribution in [3.8, 4) is 0 Å². The van der Waals surface area contributed by atoms with Crippen molar-refractivity contribution in [2.24, 2.45) is 0 Å². The van der Waals surface area contributed by atoms with E-state index in [0.717, 1.165) is 6.61 Å². The van der Waals surface area contributed by atoms with Crippen molar-refractivity contribution >= 4 is 32.3 Å². The van der Waals surface area contributed by atoms with Crippen LogP contribution in [0.2, 0.25) is 0 Å². The average molecular weight is 244 g/mol. The van der Waals surface area contributed by atoms with Gasteiger partial charge in [0, 0.05) is 0 Å². The second kappa shape index (κ2) is 3.25. The first kappa shape index (κ1) is 9.76. The van der Waals surface area contributed by atoms with E-state index in [2.05, 4.69) is 54.6 Å². The van der Waals surface area contributed by atoms with Crippen LogP contribution in [0, 0.1) is 0 Å². The normalized spacial score (nSPS) is 18.6. The van der Waals surface area contributed by atoms with Crippen molar-refractivity contribution in [1.29, 1.82) is 0 Å². The summed E-state index contributed by atoms with van der Waals surface area (Å²) in [7, 11) is 0. The first-order chi connectivity index (χ1) is 9.42. The van der Waals surface area contributed by atoms with Crippen LogP contribution >= 0.6 is 0 Å². The maximum Gasteiger partial charge on any atom is 0.107 e. The summed E-state index contributed by atoms with van der Waals surface area (Å²) in [6.07, 6.45) is 0.310. The summed E-state index contributed by atoms with van der Waals surface area (Å²) < 4.78 is 5.48. The zero-order valence-corrected chi connectivity index (χ0v) is 10.4. The van der Waals surface area contributed by atoms with Crippen LogP contribution in [0.15, 0.2) is 54.6 Å². The molecule has 1 unspecified atom stereocenters. The van der Waals surface area contributed by atoms with Gasteiger partial charge in [0.2, 0.25) is 0 Å². The molecule has 0 saturated carbocycles. The van der Waals surface area contributed by atoms with E-state index in [1.165, 1.54) is 37.9 Å². The van der Waals surface area contributed by atoms with E-state index in [4.69, 9.17) is 4.74 Å². The molecule has 0 bridgehead atoms. The van der Waals surface area contributed by atoms with Crippen molar-refractivity contribution in [3.63, 3.8) is 0 Å². The monoisotopic (exact) mass is 244 g/mol. The van der Waals surface area contributed by atoms with Crippen molar-refractivity contribution < 1.29 is 4.74 Å². The highest BCUT2D eigenvalue weighted by molar-refractivity contribution is 6.23. The molecule has 19 heavy (non-hydrogen) atoms. The first-order valence-electron chi connectivity index (χ1n) is 6.70. The van der Waals surface area contributed by atoms with Gasteiger partial charge in [0.15, 0.2) is 0 Å². The summed E-state index contributed by atoms with van der Waals surface area (Å²) in [5, 5.41) is 8.10. The molecule has 1 atom stereocenters. The molecule has 0 aliphatic carbocycles. The highest BCUT2D eigenvalue weighted by Crippen LogP contribution is 2.41. The van der Waals surface area contributed by atoms with E-state index in [1.54, 1.807) is 0 Å². The van der Waals surface area contributed by atoms with E-state index in [9.17, 15) is 0 Å². The molecular formula is C18H12O. The molecule has 5 rings (SSSR count). The molecule has 4 aromatic carbocycles. The third kappa shape index (κ3) is 1.23. The van der Waals surface area contributed by atoms with Crippen LogP contribution in [-0.2, 0) is 4.74 Å². The van der Waals surface area contributed by atoms with Crippen LogP contribution in [0.4, 0.5) is 0 Å². The summed E-state index contributed by atoms with van der Waals surface area (Å²) in [5.41, 5.74) is 1.34. The largest absolute Gasteiger partial charge is 0.368 e. The molecule has 0 N–H and O–H groups in total. The summed E-state index contributed by atoms with van der Waals surface area (Å²) >= 11 is 0. The van der Waals surface area contributed by atoms with Crippen LogP contribution in [0.3, 0.4) is 0 Å². The predicted molar refractivity (Wildman–Crippen MR) is 78.8 cm³/mol. The van der Waals surface area contributed by atoms with Crippen LogP contribution in [0.5, 0.6) is 0 Å². The molecule has 0 radical (unpaired) electrons. The minimum absolute atomic E-state index is 0.310. The standard InChI is InChI=1S/C18H12O/c1-2-11-4-5-13-6-8-14(16-10-19-16)15-9-7-12(3-1)17(11)18(13)15/h1-9,16H,10H2.